The zero-order valence-electron chi connectivity index (χ0n) is 11.5. The van der Waals surface area contributed by atoms with E-state index in [4.69, 9.17) is 4.74 Å². The van der Waals surface area contributed by atoms with Gasteiger partial charge in [0.2, 0.25) is 5.91 Å². The number of nitrogens with one attached hydrogen (secondary N) is 1. The molecular weight excluding hydrogens is 252 g/mol. The Morgan fingerprint density at radius 3 is 2.85 bits per heavy atom. The van der Waals surface area contributed by atoms with Crippen LogP contribution in [0.1, 0.15) is 32.1 Å². The summed E-state index contributed by atoms with van der Waals surface area (Å²) in [6.45, 7) is 0.886. The molecule has 0 radical (unpaired) electrons. The first kappa shape index (κ1) is 12.2. The molecule has 1 aromatic rings. The molecule has 1 aliphatic carbocycles. The van der Waals surface area contributed by atoms with Crippen molar-refractivity contribution in [2.24, 2.45) is 0 Å². The van der Waals surface area contributed by atoms with Gasteiger partial charge in [0.15, 0.2) is 0 Å². The maximum Gasteiger partial charge on any atom is 0.241 e. The molecule has 2 aliphatic heterocycles. The van der Waals surface area contributed by atoms with Crippen molar-refractivity contribution in [3.8, 4) is 5.75 Å². The Balaban J connectivity index is 1.63. The second-order valence-electron chi connectivity index (χ2n) is 6.11. The summed E-state index contributed by atoms with van der Waals surface area (Å²) in [5.41, 5.74) is 0.806. The molecule has 1 aromatic carbocycles. The van der Waals surface area contributed by atoms with Crippen LogP contribution in [0.2, 0.25) is 0 Å². The number of fused-ring (bicyclic) bond motifs is 3. The van der Waals surface area contributed by atoms with Crippen LogP contribution in [0.5, 0.6) is 5.75 Å². The molecule has 1 saturated carbocycles. The number of carbonyl (C=O) groups is 1. The van der Waals surface area contributed by atoms with Crippen LogP contribution in [0, 0.1) is 0 Å². The van der Waals surface area contributed by atoms with E-state index in [0.717, 1.165) is 24.4 Å². The standard InChI is InChI=1S/C16H20N2O2/c19-16-14-9-12(10-18(14)11-5-1-2-6-11)20-15-8-4-3-7-13(15)17-16/h3-4,7-8,11-12,14H,1-2,5-6,9-10H2,(H,17,19). The summed E-state index contributed by atoms with van der Waals surface area (Å²) in [5.74, 6) is 0.938. The highest BCUT2D eigenvalue weighted by Crippen LogP contribution is 2.36. The summed E-state index contributed by atoms with van der Waals surface area (Å²) in [5, 5.41) is 3.04. The third-order valence-electron chi connectivity index (χ3n) is 4.84. The highest BCUT2D eigenvalue weighted by Gasteiger charge is 2.43. The minimum atomic E-state index is -0.0172. The van der Waals surface area contributed by atoms with Crippen molar-refractivity contribution in [2.75, 3.05) is 11.9 Å². The zero-order valence-corrected chi connectivity index (χ0v) is 11.5. The molecule has 106 valence electrons. The first-order valence-electron chi connectivity index (χ1n) is 7.63. The predicted molar refractivity (Wildman–Crippen MR) is 76.9 cm³/mol. The van der Waals surface area contributed by atoms with Gasteiger partial charge in [-0.3, -0.25) is 9.69 Å². The summed E-state index contributed by atoms with van der Waals surface area (Å²) >= 11 is 0. The molecule has 2 atom stereocenters. The summed E-state index contributed by atoms with van der Waals surface area (Å²) in [4.78, 5) is 14.9. The van der Waals surface area contributed by atoms with Crippen molar-refractivity contribution in [2.45, 2.75) is 50.3 Å². The lowest BCUT2D eigenvalue weighted by Crippen LogP contribution is -2.44. The Morgan fingerprint density at radius 2 is 2.00 bits per heavy atom. The molecular formula is C16H20N2O2. The van der Waals surface area contributed by atoms with Crippen LogP contribution in [-0.4, -0.2) is 35.5 Å². The molecule has 0 aromatic heterocycles. The van der Waals surface area contributed by atoms with Gasteiger partial charge in [0, 0.05) is 19.0 Å². The molecule has 0 spiro atoms. The molecule has 4 rings (SSSR count). The summed E-state index contributed by atoms with van der Waals surface area (Å²) in [6, 6.07) is 8.29. The second-order valence-corrected chi connectivity index (χ2v) is 6.11. The summed E-state index contributed by atoms with van der Waals surface area (Å²) in [6.07, 6.45) is 6.00. The Kier molecular flexibility index (Phi) is 2.91. The number of amides is 1. The van der Waals surface area contributed by atoms with Crippen LogP contribution < -0.4 is 10.1 Å². The number of para-hydroxylation sites is 2. The van der Waals surface area contributed by atoms with Gasteiger partial charge in [-0.15, -0.1) is 0 Å². The quantitative estimate of drug-likeness (QED) is 0.853. The fourth-order valence-electron chi connectivity index (χ4n) is 3.87. The van der Waals surface area contributed by atoms with Gasteiger partial charge in [0.25, 0.3) is 0 Å². The van der Waals surface area contributed by atoms with Gasteiger partial charge in [-0.2, -0.15) is 0 Å². The van der Waals surface area contributed by atoms with Gasteiger partial charge in [-0.25, -0.2) is 0 Å². The number of likely N-dealkylation sites (tertiary alicyclic amines) is 1. The number of hydrogen-bond acceptors (Lipinski definition) is 3. The molecule has 3 aliphatic rings. The van der Waals surface area contributed by atoms with Gasteiger partial charge in [-0.05, 0) is 25.0 Å². The largest absolute Gasteiger partial charge is 0.487 e. The number of nitrogens with zero attached hydrogens (tertiary/aromatic N) is 1. The van der Waals surface area contributed by atoms with Crippen molar-refractivity contribution in [3.63, 3.8) is 0 Å². The average molecular weight is 272 g/mol. The lowest BCUT2D eigenvalue weighted by atomic mass is 10.1. The van der Waals surface area contributed by atoms with E-state index < -0.39 is 0 Å². The molecule has 2 heterocycles. The number of ether oxygens (including phenoxy) is 1. The lowest BCUT2D eigenvalue weighted by molar-refractivity contribution is -0.121. The van der Waals surface area contributed by atoms with Crippen molar-refractivity contribution >= 4 is 11.6 Å². The SMILES string of the molecule is O=C1Nc2ccccc2OC2CC1N(C1CCCC1)C2. The predicted octanol–water partition coefficient (Wildman–Crippen LogP) is 2.40. The maximum atomic E-state index is 12.5. The Bertz CT molecular complexity index is 525. The second kappa shape index (κ2) is 4.77. The third-order valence-corrected chi connectivity index (χ3v) is 4.84. The highest BCUT2D eigenvalue weighted by molar-refractivity contribution is 5.96. The summed E-state index contributed by atoms with van der Waals surface area (Å²) in [7, 11) is 0. The van der Waals surface area contributed by atoms with E-state index in [1.165, 1.54) is 25.7 Å². The van der Waals surface area contributed by atoms with Crippen LogP contribution in [0.3, 0.4) is 0 Å². The molecule has 1 N–H and O–H groups in total. The smallest absolute Gasteiger partial charge is 0.241 e. The number of carbonyl (C=O) groups excluding carboxylic acids is 1. The van der Waals surface area contributed by atoms with Gasteiger partial charge < -0.3 is 10.1 Å². The first-order valence-corrected chi connectivity index (χ1v) is 7.63. The monoisotopic (exact) mass is 272 g/mol. The highest BCUT2D eigenvalue weighted by atomic mass is 16.5. The summed E-state index contributed by atoms with van der Waals surface area (Å²) < 4.78 is 6.11. The van der Waals surface area contributed by atoms with Crippen molar-refractivity contribution in [1.29, 1.82) is 0 Å². The number of hydrogen-bond donors (Lipinski definition) is 1. The van der Waals surface area contributed by atoms with Crippen molar-refractivity contribution < 1.29 is 9.53 Å². The van der Waals surface area contributed by atoms with Crippen molar-refractivity contribution in [3.05, 3.63) is 24.3 Å². The van der Waals surface area contributed by atoms with E-state index in [0.29, 0.717) is 6.04 Å². The van der Waals surface area contributed by atoms with E-state index in [1.54, 1.807) is 0 Å². The molecule has 4 nitrogen and oxygen atoms in total. The molecule has 1 saturated heterocycles. The van der Waals surface area contributed by atoms with Crippen LogP contribution in [-0.2, 0) is 4.79 Å². The fraction of sp³-hybridized carbons (Fsp3) is 0.562. The molecule has 2 unspecified atom stereocenters. The molecule has 2 fully saturated rings. The first-order chi connectivity index (χ1) is 9.81. The maximum absolute atomic E-state index is 12.5. The van der Waals surface area contributed by atoms with Gasteiger partial charge in [0.05, 0.1) is 11.7 Å². The number of anilines is 1. The minimum absolute atomic E-state index is 0.0172. The molecule has 4 heteroatoms. The normalized spacial score (nSPS) is 30.3. The van der Waals surface area contributed by atoms with Crippen LogP contribution in [0.15, 0.2) is 24.3 Å². The van der Waals surface area contributed by atoms with E-state index in [1.807, 2.05) is 24.3 Å². The number of benzene rings is 1. The van der Waals surface area contributed by atoms with E-state index >= 15 is 0 Å². The van der Waals surface area contributed by atoms with Crippen LogP contribution in [0.4, 0.5) is 5.69 Å². The van der Waals surface area contributed by atoms with E-state index in [9.17, 15) is 4.79 Å². The topological polar surface area (TPSA) is 41.6 Å². The average Bonchev–Trinajstić information content (AvgIpc) is 3.07. The minimum Gasteiger partial charge on any atom is -0.487 e. The van der Waals surface area contributed by atoms with Gasteiger partial charge >= 0.3 is 0 Å². The molecule has 20 heavy (non-hydrogen) atoms. The fourth-order valence-corrected chi connectivity index (χ4v) is 3.87. The molecule has 1 amide bonds. The van der Waals surface area contributed by atoms with Crippen molar-refractivity contribution in [1.82, 2.24) is 4.90 Å². The zero-order chi connectivity index (χ0) is 13.5. The third kappa shape index (κ3) is 1.99. The Morgan fingerprint density at radius 1 is 1.20 bits per heavy atom. The Labute approximate surface area is 119 Å². The van der Waals surface area contributed by atoms with Gasteiger partial charge in [0.1, 0.15) is 11.9 Å². The number of rotatable bonds is 1. The Hall–Kier alpha value is -1.55. The van der Waals surface area contributed by atoms with E-state index in [-0.39, 0.29) is 18.1 Å². The molecule has 2 bridgehead atoms. The van der Waals surface area contributed by atoms with Crippen LogP contribution >= 0.6 is 0 Å². The van der Waals surface area contributed by atoms with E-state index in [2.05, 4.69) is 10.2 Å². The van der Waals surface area contributed by atoms with Crippen LogP contribution in [0.25, 0.3) is 0 Å². The van der Waals surface area contributed by atoms with Gasteiger partial charge in [-0.1, -0.05) is 25.0 Å². The lowest BCUT2D eigenvalue weighted by Gasteiger charge is -2.28.